The maximum atomic E-state index is 13.2. The topological polar surface area (TPSA) is 47.2 Å². The Labute approximate surface area is 152 Å². The second-order valence-corrected chi connectivity index (χ2v) is 6.40. The highest BCUT2D eigenvalue weighted by molar-refractivity contribution is 5.89. The van der Waals surface area contributed by atoms with E-state index in [0.29, 0.717) is 6.42 Å². The van der Waals surface area contributed by atoms with Crippen LogP contribution in [0.1, 0.15) is 11.1 Å². The number of aliphatic imine (C=N–C) groups is 1. The molecule has 0 radical (unpaired) electrons. The van der Waals surface area contributed by atoms with Crippen molar-refractivity contribution < 1.29 is 9.28 Å². The van der Waals surface area contributed by atoms with E-state index in [2.05, 4.69) is 22.1 Å². The number of aromatic nitrogens is 2. The molecule has 26 heavy (non-hydrogen) atoms. The van der Waals surface area contributed by atoms with Gasteiger partial charge in [-0.15, -0.1) is 0 Å². The molecule has 0 saturated heterocycles. The zero-order chi connectivity index (χ0) is 18.0. The Morgan fingerprint density at radius 2 is 1.73 bits per heavy atom. The second-order valence-electron chi connectivity index (χ2n) is 6.40. The third-order valence-corrected chi connectivity index (χ3v) is 4.57. The lowest BCUT2D eigenvalue weighted by Gasteiger charge is -2.25. The minimum Gasteiger partial charge on any atom is -0.245 e. The van der Waals surface area contributed by atoms with Gasteiger partial charge in [0.15, 0.2) is 5.70 Å². The van der Waals surface area contributed by atoms with Crippen LogP contribution < -0.4 is 0 Å². The number of hydrogen-bond donors (Lipinski definition) is 0. The highest BCUT2D eigenvalue weighted by Gasteiger charge is 2.43. The lowest BCUT2D eigenvalue weighted by Crippen LogP contribution is -2.47. The van der Waals surface area contributed by atoms with Crippen LogP contribution in [0.3, 0.4) is 0 Å². The van der Waals surface area contributed by atoms with Crippen LogP contribution in [0.4, 0.5) is 4.79 Å². The SMILES string of the molecule is C[N+]1(C(=O)n2ccnc2)C=NC(Cc2ccccc2)=C1c1ccccc1. The van der Waals surface area contributed by atoms with Crippen molar-refractivity contribution in [3.05, 3.63) is 96.2 Å². The monoisotopic (exact) mass is 343 g/mol. The fourth-order valence-corrected chi connectivity index (χ4v) is 3.28. The molecule has 1 atom stereocenters. The third-order valence-electron chi connectivity index (χ3n) is 4.57. The molecule has 5 heteroatoms. The number of carbonyl (C=O) groups is 1. The summed E-state index contributed by atoms with van der Waals surface area (Å²) in [5, 5.41) is 0. The smallest absolute Gasteiger partial charge is 0.245 e. The molecule has 4 rings (SSSR count). The fourth-order valence-electron chi connectivity index (χ4n) is 3.28. The van der Waals surface area contributed by atoms with Crippen molar-refractivity contribution in [1.29, 1.82) is 0 Å². The maximum absolute atomic E-state index is 13.2. The maximum Gasteiger partial charge on any atom is 0.439 e. The van der Waals surface area contributed by atoms with E-state index in [1.54, 1.807) is 18.7 Å². The summed E-state index contributed by atoms with van der Waals surface area (Å²) in [6, 6.07) is 20.0. The molecule has 0 spiro atoms. The lowest BCUT2D eigenvalue weighted by atomic mass is 10.0. The normalized spacial score (nSPS) is 19.1. The first kappa shape index (κ1) is 16.2. The Morgan fingerprint density at radius 1 is 1.04 bits per heavy atom. The molecule has 1 unspecified atom stereocenters. The van der Waals surface area contributed by atoms with Crippen LogP contribution in [0.5, 0.6) is 0 Å². The van der Waals surface area contributed by atoms with Gasteiger partial charge in [0.1, 0.15) is 12.0 Å². The van der Waals surface area contributed by atoms with Crippen molar-refractivity contribution >= 4 is 18.1 Å². The summed E-state index contributed by atoms with van der Waals surface area (Å²) in [4.78, 5) is 21.8. The van der Waals surface area contributed by atoms with E-state index in [0.717, 1.165) is 22.5 Å². The number of hydrogen-bond acceptors (Lipinski definition) is 3. The summed E-state index contributed by atoms with van der Waals surface area (Å²) in [6.45, 7) is 0. The van der Waals surface area contributed by atoms with Crippen LogP contribution in [-0.2, 0) is 6.42 Å². The molecule has 2 aromatic carbocycles. The molecule has 0 bridgehead atoms. The van der Waals surface area contributed by atoms with E-state index in [4.69, 9.17) is 0 Å². The predicted octanol–water partition coefficient (Wildman–Crippen LogP) is 3.95. The molecular weight excluding hydrogens is 324 g/mol. The average Bonchev–Trinajstić information content (AvgIpc) is 3.32. The molecule has 1 aliphatic heterocycles. The minimum atomic E-state index is -0.117. The zero-order valence-corrected chi connectivity index (χ0v) is 14.5. The fraction of sp³-hybridized carbons (Fsp3) is 0.0952. The van der Waals surface area contributed by atoms with Gasteiger partial charge in [-0.3, -0.25) is 0 Å². The molecular formula is C21H19N4O+. The summed E-state index contributed by atoms with van der Waals surface area (Å²) in [5.41, 5.74) is 3.95. The molecule has 0 N–H and O–H groups in total. The van der Waals surface area contributed by atoms with Crippen LogP contribution in [0.25, 0.3) is 5.70 Å². The molecule has 1 aromatic heterocycles. The molecule has 0 saturated carbocycles. The quantitative estimate of drug-likeness (QED) is 0.676. The van der Waals surface area contributed by atoms with E-state index >= 15 is 0 Å². The molecule has 1 amide bonds. The minimum absolute atomic E-state index is 0.0253. The summed E-state index contributed by atoms with van der Waals surface area (Å²) in [6.07, 6.45) is 7.18. The van der Waals surface area contributed by atoms with Crippen LogP contribution in [0.2, 0.25) is 0 Å². The van der Waals surface area contributed by atoms with Crippen LogP contribution in [0, 0.1) is 0 Å². The molecule has 128 valence electrons. The van der Waals surface area contributed by atoms with E-state index in [9.17, 15) is 4.79 Å². The number of imidazole rings is 1. The molecule has 0 aliphatic carbocycles. The molecule has 1 aliphatic rings. The van der Waals surface area contributed by atoms with Crippen molar-refractivity contribution in [2.75, 3.05) is 7.05 Å². The Bertz CT molecular complexity index is 975. The van der Waals surface area contributed by atoms with Gasteiger partial charge in [0.2, 0.25) is 6.34 Å². The highest BCUT2D eigenvalue weighted by Crippen LogP contribution is 2.35. The number of allylic oxidation sites excluding steroid dienone is 1. The van der Waals surface area contributed by atoms with Crippen LogP contribution in [-0.4, -0.2) is 33.5 Å². The van der Waals surface area contributed by atoms with Crippen LogP contribution >= 0.6 is 0 Å². The summed E-state index contributed by atoms with van der Waals surface area (Å²) >= 11 is 0. The Balaban J connectivity index is 1.82. The average molecular weight is 343 g/mol. The Morgan fingerprint density at radius 3 is 2.38 bits per heavy atom. The van der Waals surface area contributed by atoms with Gasteiger partial charge >= 0.3 is 6.03 Å². The van der Waals surface area contributed by atoms with Gasteiger partial charge in [-0.25, -0.2) is 19.3 Å². The number of rotatable bonds is 3. The Kier molecular flexibility index (Phi) is 4.07. The molecule has 3 aromatic rings. The largest absolute Gasteiger partial charge is 0.439 e. The Hall–Kier alpha value is -3.31. The van der Waals surface area contributed by atoms with Gasteiger partial charge in [0.05, 0.1) is 7.05 Å². The van der Waals surface area contributed by atoms with Gasteiger partial charge in [-0.1, -0.05) is 48.5 Å². The van der Waals surface area contributed by atoms with E-state index < -0.39 is 0 Å². The number of quaternary nitrogens is 1. The molecule has 2 heterocycles. The zero-order valence-electron chi connectivity index (χ0n) is 14.5. The van der Waals surface area contributed by atoms with E-state index in [1.807, 2.05) is 55.6 Å². The van der Waals surface area contributed by atoms with Crippen molar-refractivity contribution in [2.45, 2.75) is 6.42 Å². The number of nitrogens with zero attached hydrogens (tertiary/aromatic N) is 4. The van der Waals surface area contributed by atoms with E-state index in [1.165, 1.54) is 10.9 Å². The first-order chi connectivity index (χ1) is 12.7. The standard InChI is InChI=1S/C21H19N4O/c1-25(21(26)24-13-12-22-15-24)16-23-19(14-17-8-4-2-5-9-17)20(25)18-10-6-3-7-11-18/h2-13,15-16H,14H2,1H3/q+1. The summed E-state index contributed by atoms with van der Waals surface area (Å²) < 4.78 is 1.48. The van der Waals surface area contributed by atoms with Crippen molar-refractivity contribution in [1.82, 2.24) is 9.55 Å². The van der Waals surface area contributed by atoms with Gasteiger partial charge in [0.25, 0.3) is 0 Å². The van der Waals surface area contributed by atoms with Crippen LogP contribution in [0.15, 0.2) is 90.1 Å². The van der Waals surface area contributed by atoms with Crippen molar-refractivity contribution in [2.24, 2.45) is 4.99 Å². The van der Waals surface area contributed by atoms with Gasteiger partial charge in [-0.05, 0) is 17.7 Å². The number of amides is 1. The predicted molar refractivity (Wildman–Crippen MR) is 101 cm³/mol. The van der Waals surface area contributed by atoms with E-state index in [-0.39, 0.29) is 10.5 Å². The van der Waals surface area contributed by atoms with Crippen molar-refractivity contribution in [3.8, 4) is 0 Å². The first-order valence-corrected chi connectivity index (χ1v) is 8.46. The second kappa shape index (κ2) is 6.54. The lowest BCUT2D eigenvalue weighted by molar-refractivity contribution is -0.642. The highest BCUT2D eigenvalue weighted by atomic mass is 16.2. The number of benzene rings is 2. The third kappa shape index (κ3) is 2.78. The van der Waals surface area contributed by atoms with Gasteiger partial charge in [-0.2, -0.15) is 4.48 Å². The summed E-state index contributed by atoms with van der Waals surface area (Å²) in [5.74, 6) is 0. The van der Waals surface area contributed by atoms with Crippen molar-refractivity contribution in [3.63, 3.8) is 0 Å². The molecule has 5 nitrogen and oxygen atoms in total. The number of carbonyl (C=O) groups excluding carboxylic acids is 1. The van der Waals surface area contributed by atoms with Gasteiger partial charge < -0.3 is 0 Å². The first-order valence-electron chi connectivity index (χ1n) is 8.46. The molecule has 0 fully saturated rings. The van der Waals surface area contributed by atoms with Gasteiger partial charge in [0, 0.05) is 24.4 Å². The summed E-state index contributed by atoms with van der Waals surface area (Å²) in [7, 11) is 1.87.